The quantitative estimate of drug-likeness (QED) is 0.690. The maximum absolute atomic E-state index is 9.71. The van der Waals surface area contributed by atoms with Crippen molar-refractivity contribution in [1.82, 2.24) is 4.98 Å². The second-order valence-electron chi connectivity index (χ2n) is 1.15. The largest absolute Gasteiger partial charge is 0.409 e. The summed E-state index contributed by atoms with van der Waals surface area (Å²) in [4.78, 5) is 13.5. The summed E-state index contributed by atoms with van der Waals surface area (Å²) in [6.07, 6.45) is 0. The number of nitrogens with zero attached hydrogens (tertiary/aromatic N) is 1. The molecule has 0 spiro atoms. The summed E-state index contributed by atoms with van der Waals surface area (Å²) in [7, 11) is 0. The molecule has 1 rings (SSSR count). The molecule has 0 fully saturated rings. The summed E-state index contributed by atoms with van der Waals surface area (Å²) in [6.45, 7) is 0.349. The Labute approximate surface area is 63.8 Å². The average Bonchev–Trinajstić information content (AvgIpc) is 2.17. The number of ether oxygens (including phenoxy) is 1. The zero-order chi connectivity index (χ0) is 6.69. The van der Waals surface area contributed by atoms with Crippen LogP contribution in [0.5, 0.6) is 5.88 Å². The predicted octanol–water partition coefficient (Wildman–Crippen LogP) is 1.44. The van der Waals surface area contributed by atoms with Crippen molar-refractivity contribution in [3.8, 4) is 5.88 Å². The summed E-state index contributed by atoms with van der Waals surface area (Å²) < 4.78 is 5.12. The topological polar surface area (TPSA) is 39.2 Å². The molecule has 0 bridgehead atoms. The van der Waals surface area contributed by atoms with Crippen molar-refractivity contribution in [2.45, 2.75) is 0 Å². The molecule has 1 aromatic heterocycles. The van der Waals surface area contributed by atoms with Gasteiger partial charge in [-0.15, -0.1) is 11.3 Å². The minimum absolute atomic E-state index is 0.335. The van der Waals surface area contributed by atoms with Gasteiger partial charge in [0.05, 0.1) is 5.38 Å². The Morgan fingerprint density at radius 3 is 3.11 bits per heavy atom. The minimum atomic E-state index is 0.335. The Balaban J connectivity index is 2.72. The minimum Gasteiger partial charge on any atom is -0.409 e. The molecule has 0 unspecified atom stereocenters. The fraction of sp³-hybridized carbons (Fsp3) is 0. The highest BCUT2D eigenvalue weighted by Gasteiger charge is 1.96. The lowest BCUT2D eigenvalue weighted by Crippen LogP contribution is -1.86. The van der Waals surface area contributed by atoms with E-state index in [1.165, 1.54) is 11.3 Å². The molecule has 0 aliphatic heterocycles. The van der Waals surface area contributed by atoms with E-state index in [0.717, 1.165) is 0 Å². The molecule has 1 heterocycles. The molecule has 0 aliphatic rings. The highest BCUT2D eigenvalue weighted by molar-refractivity contribution is 9.11. The van der Waals surface area contributed by atoms with Crippen LogP contribution in [0, 0.1) is 0 Å². The van der Waals surface area contributed by atoms with E-state index in [4.69, 9.17) is 0 Å². The number of aromatic nitrogens is 1. The van der Waals surface area contributed by atoms with Gasteiger partial charge in [-0.3, -0.25) is 4.79 Å². The Hall–Kier alpha value is -0.420. The van der Waals surface area contributed by atoms with Crippen LogP contribution in [0.4, 0.5) is 0 Å². The zero-order valence-corrected chi connectivity index (χ0v) is 6.61. The summed E-state index contributed by atoms with van der Waals surface area (Å²) in [5.74, 6) is 0.335. The van der Waals surface area contributed by atoms with Crippen LogP contribution in [-0.2, 0) is 4.79 Å². The van der Waals surface area contributed by atoms with E-state index in [2.05, 4.69) is 25.7 Å². The maximum Gasteiger partial charge on any atom is 0.299 e. The molecule has 3 nitrogen and oxygen atoms in total. The SMILES string of the molecule is O=COc1csc(Br)n1. The molecule has 9 heavy (non-hydrogen) atoms. The second-order valence-corrected chi connectivity index (χ2v) is 3.29. The standard InChI is InChI=1S/C4H2BrNO2S/c5-4-6-3(1-9-4)8-2-7/h1-2H. The van der Waals surface area contributed by atoms with Gasteiger partial charge in [-0.25, -0.2) is 0 Å². The van der Waals surface area contributed by atoms with Gasteiger partial charge in [0.2, 0.25) is 5.88 Å². The lowest BCUT2D eigenvalue weighted by Gasteiger charge is -1.83. The number of hydrogen-bond donors (Lipinski definition) is 0. The molecule has 0 saturated carbocycles. The highest BCUT2D eigenvalue weighted by Crippen LogP contribution is 2.20. The molecular formula is C4H2BrNO2S. The lowest BCUT2D eigenvalue weighted by atomic mass is 10.9. The smallest absolute Gasteiger partial charge is 0.299 e. The predicted molar refractivity (Wildman–Crippen MR) is 36.5 cm³/mol. The van der Waals surface area contributed by atoms with Crippen molar-refractivity contribution < 1.29 is 9.53 Å². The van der Waals surface area contributed by atoms with Crippen LogP contribution in [0.15, 0.2) is 9.30 Å². The van der Waals surface area contributed by atoms with Gasteiger partial charge in [-0.05, 0) is 15.9 Å². The van der Waals surface area contributed by atoms with Gasteiger partial charge in [0.25, 0.3) is 6.47 Å². The molecule has 0 atom stereocenters. The van der Waals surface area contributed by atoms with Crippen LogP contribution < -0.4 is 4.74 Å². The number of hydrogen-bond acceptors (Lipinski definition) is 4. The molecule has 0 amide bonds. The molecule has 0 aromatic carbocycles. The molecule has 0 radical (unpaired) electrons. The Kier molecular flexibility index (Phi) is 2.18. The molecule has 1 aromatic rings. The molecule has 0 saturated heterocycles. The van der Waals surface area contributed by atoms with Crippen molar-refractivity contribution >= 4 is 33.7 Å². The van der Waals surface area contributed by atoms with Crippen LogP contribution in [0.3, 0.4) is 0 Å². The summed E-state index contributed by atoms with van der Waals surface area (Å²) in [5.41, 5.74) is 0. The van der Waals surface area contributed by atoms with Crippen LogP contribution in [-0.4, -0.2) is 11.5 Å². The fourth-order valence-electron chi connectivity index (χ4n) is 0.342. The first-order valence-corrected chi connectivity index (χ1v) is 3.71. The fourth-order valence-corrected chi connectivity index (χ4v) is 1.25. The monoisotopic (exact) mass is 207 g/mol. The summed E-state index contributed by atoms with van der Waals surface area (Å²) >= 11 is 4.48. The molecule has 0 N–H and O–H groups in total. The van der Waals surface area contributed by atoms with Crippen LogP contribution in [0.25, 0.3) is 0 Å². The number of rotatable bonds is 2. The first-order chi connectivity index (χ1) is 4.33. The van der Waals surface area contributed by atoms with Gasteiger partial charge in [0.15, 0.2) is 3.92 Å². The van der Waals surface area contributed by atoms with E-state index < -0.39 is 0 Å². The normalized spacial score (nSPS) is 9.00. The maximum atomic E-state index is 9.71. The Bertz CT molecular complexity index is 212. The number of carbonyl (C=O) groups is 1. The van der Waals surface area contributed by atoms with Gasteiger partial charge < -0.3 is 4.74 Å². The number of thiazole rings is 1. The van der Waals surface area contributed by atoms with Gasteiger partial charge in [0.1, 0.15) is 0 Å². The van der Waals surface area contributed by atoms with E-state index in [9.17, 15) is 4.79 Å². The molecular weight excluding hydrogens is 206 g/mol. The second kappa shape index (κ2) is 2.93. The first-order valence-electron chi connectivity index (χ1n) is 2.04. The molecule has 5 heteroatoms. The third-order valence-electron chi connectivity index (χ3n) is 0.624. The highest BCUT2D eigenvalue weighted by atomic mass is 79.9. The first kappa shape index (κ1) is 6.70. The number of carbonyl (C=O) groups excluding carboxylic acids is 1. The third-order valence-corrected chi connectivity index (χ3v) is 1.97. The van der Waals surface area contributed by atoms with Gasteiger partial charge in [-0.1, -0.05) is 0 Å². The van der Waals surface area contributed by atoms with Gasteiger partial charge in [-0.2, -0.15) is 4.98 Å². The van der Waals surface area contributed by atoms with Crippen molar-refractivity contribution in [1.29, 1.82) is 0 Å². The van der Waals surface area contributed by atoms with Gasteiger partial charge in [0, 0.05) is 0 Å². The van der Waals surface area contributed by atoms with Crippen LogP contribution >= 0.6 is 27.3 Å². The van der Waals surface area contributed by atoms with E-state index in [1.807, 2.05) is 0 Å². The van der Waals surface area contributed by atoms with Crippen LogP contribution in [0.1, 0.15) is 0 Å². The Morgan fingerprint density at radius 1 is 1.89 bits per heavy atom. The molecule has 48 valence electrons. The molecule has 0 aliphatic carbocycles. The van der Waals surface area contributed by atoms with Crippen molar-refractivity contribution in [3.63, 3.8) is 0 Å². The summed E-state index contributed by atoms with van der Waals surface area (Å²) in [6, 6.07) is 0. The van der Waals surface area contributed by atoms with Crippen molar-refractivity contribution in [2.24, 2.45) is 0 Å². The third kappa shape index (κ3) is 1.76. The zero-order valence-electron chi connectivity index (χ0n) is 4.20. The van der Waals surface area contributed by atoms with E-state index in [0.29, 0.717) is 16.3 Å². The van der Waals surface area contributed by atoms with Crippen molar-refractivity contribution in [3.05, 3.63) is 9.30 Å². The van der Waals surface area contributed by atoms with E-state index in [1.54, 1.807) is 5.38 Å². The van der Waals surface area contributed by atoms with Crippen molar-refractivity contribution in [2.75, 3.05) is 0 Å². The average molecular weight is 208 g/mol. The van der Waals surface area contributed by atoms with E-state index in [-0.39, 0.29) is 0 Å². The van der Waals surface area contributed by atoms with Crippen LogP contribution in [0.2, 0.25) is 0 Å². The number of halogens is 1. The Morgan fingerprint density at radius 2 is 2.67 bits per heavy atom. The van der Waals surface area contributed by atoms with Gasteiger partial charge >= 0.3 is 0 Å². The summed E-state index contributed by atoms with van der Waals surface area (Å²) in [5, 5.41) is 1.64. The lowest BCUT2D eigenvalue weighted by molar-refractivity contribution is -0.120. The van der Waals surface area contributed by atoms with E-state index >= 15 is 0 Å².